The molecule has 0 fully saturated rings. The number of alkyl halides is 3. The Hall–Kier alpha value is -1.72. The molecule has 2 aromatic carbocycles. The minimum absolute atomic E-state index is 0. The van der Waals surface area contributed by atoms with Gasteiger partial charge in [0.1, 0.15) is 11.9 Å². The largest absolute Gasteiger partial charge is 0.486 e. The molecule has 1 atom stereocenters. The number of hydrogen-bond donors (Lipinski definition) is 1. The number of rotatable bonds is 6. The van der Waals surface area contributed by atoms with Crippen LogP contribution in [0.5, 0.6) is 5.75 Å². The van der Waals surface area contributed by atoms with Gasteiger partial charge in [-0.05, 0) is 37.4 Å². The first-order valence-corrected chi connectivity index (χ1v) is 7.04. The van der Waals surface area contributed by atoms with Gasteiger partial charge in [0.05, 0.1) is 5.56 Å². The van der Waals surface area contributed by atoms with Crippen molar-refractivity contribution < 1.29 is 17.9 Å². The van der Waals surface area contributed by atoms with E-state index in [1.54, 1.807) is 6.07 Å². The lowest BCUT2D eigenvalue weighted by Crippen LogP contribution is -2.16. The minimum Gasteiger partial charge on any atom is -0.486 e. The summed E-state index contributed by atoms with van der Waals surface area (Å²) in [5.41, 5.74) is 0.237. The Balaban J connectivity index is 0.00000264. The summed E-state index contributed by atoms with van der Waals surface area (Å²) in [7, 11) is 1.83. The van der Waals surface area contributed by atoms with E-state index in [1.165, 1.54) is 6.07 Å². The molecule has 0 spiro atoms. The van der Waals surface area contributed by atoms with Gasteiger partial charge in [-0.2, -0.15) is 13.2 Å². The first-order valence-electron chi connectivity index (χ1n) is 7.04. The molecular formula is C17H19ClF3NO. The van der Waals surface area contributed by atoms with Gasteiger partial charge < -0.3 is 10.1 Å². The third-order valence-corrected chi connectivity index (χ3v) is 3.27. The molecule has 0 aromatic heterocycles. The van der Waals surface area contributed by atoms with Crippen molar-refractivity contribution in [3.05, 3.63) is 65.7 Å². The molecule has 0 radical (unpaired) electrons. The van der Waals surface area contributed by atoms with Gasteiger partial charge >= 0.3 is 6.18 Å². The third-order valence-electron chi connectivity index (χ3n) is 3.27. The molecule has 0 aliphatic heterocycles. The number of benzene rings is 2. The summed E-state index contributed by atoms with van der Waals surface area (Å²) in [6, 6.07) is 14.5. The van der Waals surface area contributed by atoms with Crippen LogP contribution >= 0.6 is 12.4 Å². The first kappa shape index (κ1) is 19.3. The highest BCUT2D eigenvalue weighted by Gasteiger charge is 2.30. The van der Waals surface area contributed by atoms with Crippen LogP contribution in [0.4, 0.5) is 13.2 Å². The van der Waals surface area contributed by atoms with E-state index >= 15 is 0 Å². The van der Waals surface area contributed by atoms with E-state index in [-0.39, 0.29) is 24.3 Å². The standard InChI is InChI=1S/C17H18F3NO.ClH/c1-21-11-10-16(13-6-3-2-4-7-13)22-15-9-5-8-14(12-15)17(18,19)20;/h2-9,12,16,21H,10-11H2,1H3;1H. The molecule has 0 saturated heterocycles. The van der Waals surface area contributed by atoms with Crippen molar-refractivity contribution in [2.75, 3.05) is 13.6 Å². The van der Waals surface area contributed by atoms with Crippen LogP contribution in [0.2, 0.25) is 0 Å². The van der Waals surface area contributed by atoms with Crippen LogP contribution in [-0.4, -0.2) is 13.6 Å². The second-order valence-corrected chi connectivity index (χ2v) is 4.93. The van der Waals surface area contributed by atoms with Gasteiger partial charge in [-0.3, -0.25) is 0 Å². The summed E-state index contributed by atoms with van der Waals surface area (Å²) in [6.45, 7) is 0.707. The van der Waals surface area contributed by atoms with Crippen molar-refractivity contribution in [2.45, 2.75) is 18.7 Å². The minimum atomic E-state index is -4.37. The van der Waals surface area contributed by atoms with E-state index in [1.807, 2.05) is 37.4 Å². The summed E-state index contributed by atoms with van der Waals surface area (Å²) < 4.78 is 44.1. The van der Waals surface area contributed by atoms with Crippen molar-refractivity contribution in [1.29, 1.82) is 0 Å². The van der Waals surface area contributed by atoms with E-state index in [0.717, 1.165) is 17.7 Å². The van der Waals surface area contributed by atoms with Gasteiger partial charge in [-0.25, -0.2) is 0 Å². The van der Waals surface area contributed by atoms with Crippen LogP contribution in [0.25, 0.3) is 0 Å². The molecule has 2 rings (SSSR count). The van der Waals surface area contributed by atoms with E-state index in [0.29, 0.717) is 13.0 Å². The molecule has 23 heavy (non-hydrogen) atoms. The number of nitrogens with one attached hydrogen (secondary N) is 1. The van der Waals surface area contributed by atoms with Gasteiger partial charge in [-0.1, -0.05) is 36.4 Å². The summed E-state index contributed by atoms with van der Waals surface area (Å²) in [5, 5.41) is 3.03. The van der Waals surface area contributed by atoms with E-state index in [9.17, 15) is 13.2 Å². The maximum absolute atomic E-state index is 12.8. The monoisotopic (exact) mass is 345 g/mol. The molecule has 1 N–H and O–H groups in total. The van der Waals surface area contributed by atoms with Gasteiger partial charge in [0.25, 0.3) is 0 Å². The normalized spacial score (nSPS) is 12.3. The van der Waals surface area contributed by atoms with Crippen LogP contribution in [0, 0.1) is 0 Å². The lowest BCUT2D eigenvalue weighted by Gasteiger charge is -2.20. The Morgan fingerprint density at radius 1 is 1.04 bits per heavy atom. The summed E-state index contributed by atoms with van der Waals surface area (Å²) in [4.78, 5) is 0. The summed E-state index contributed by atoms with van der Waals surface area (Å²) >= 11 is 0. The second-order valence-electron chi connectivity index (χ2n) is 4.93. The van der Waals surface area contributed by atoms with Crippen LogP contribution in [0.3, 0.4) is 0 Å². The highest BCUT2D eigenvalue weighted by atomic mass is 35.5. The number of hydrogen-bond acceptors (Lipinski definition) is 2. The molecule has 2 nitrogen and oxygen atoms in total. The van der Waals surface area contributed by atoms with Gasteiger partial charge in [0.15, 0.2) is 0 Å². The molecule has 0 amide bonds. The second kappa shape index (κ2) is 8.79. The fraction of sp³-hybridized carbons (Fsp3) is 0.294. The molecule has 6 heteroatoms. The maximum atomic E-state index is 12.8. The highest BCUT2D eigenvalue weighted by Crippen LogP contribution is 2.33. The third kappa shape index (κ3) is 5.77. The van der Waals surface area contributed by atoms with E-state index < -0.39 is 11.7 Å². The lowest BCUT2D eigenvalue weighted by molar-refractivity contribution is -0.137. The van der Waals surface area contributed by atoms with E-state index in [4.69, 9.17) is 4.74 Å². The fourth-order valence-corrected chi connectivity index (χ4v) is 2.15. The molecule has 1 unspecified atom stereocenters. The number of halogens is 4. The molecule has 0 aliphatic rings. The first-order chi connectivity index (χ1) is 10.5. The van der Waals surface area contributed by atoms with Crippen molar-refractivity contribution in [1.82, 2.24) is 5.32 Å². The maximum Gasteiger partial charge on any atom is 0.416 e. The van der Waals surface area contributed by atoms with Crippen LogP contribution in [0.15, 0.2) is 54.6 Å². The molecular weight excluding hydrogens is 327 g/mol. The predicted molar refractivity (Wildman–Crippen MR) is 87.0 cm³/mol. The molecule has 0 heterocycles. The summed E-state index contributed by atoms with van der Waals surface area (Å²) in [6.07, 6.45) is -4.00. The molecule has 0 saturated carbocycles. The van der Waals surface area contributed by atoms with Crippen molar-refractivity contribution >= 4 is 12.4 Å². The van der Waals surface area contributed by atoms with Crippen molar-refractivity contribution in [3.8, 4) is 5.75 Å². The smallest absolute Gasteiger partial charge is 0.416 e. The zero-order valence-corrected chi connectivity index (χ0v) is 13.5. The summed E-state index contributed by atoms with van der Waals surface area (Å²) in [5.74, 6) is 0.222. The molecule has 2 aromatic rings. The van der Waals surface area contributed by atoms with Crippen LogP contribution < -0.4 is 10.1 Å². The topological polar surface area (TPSA) is 21.3 Å². The van der Waals surface area contributed by atoms with Gasteiger partial charge in [0, 0.05) is 6.42 Å². The SMILES string of the molecule is CNCCC(Oc1cccc(C(F)(F)F)c1)c1ccccc1.Cl. The quantitative estimate of drug-likeness (QED) is 0.807. The zero-order chi connectivity index (χ0) is 16.0. The molecule has 0 aliphatic carbocycles. The Morgan fingerprint density at radius 3 is 2.35 bits per heavy atom. The van der Waals surface area contributed by atoms with Crippen LogP contribution in [0.1, 0.15) is 23.7 Å². The Labute approximate surface area is 140 Å². The average molecular weight is 346 g/mol. The molecule has 0 bridgehead atoms. The van der Waals surface area contributed by atoms with Crippen molar-refractivity contribution in [3.63, 3.8) is 0 Å². The average Bonchev–Trinajstić information content (AvgIpc) is 2.52. The van der Waals surface area contributed by atoms with Gasteiger partial charge in [0.2, 0.25) is 0 Å². The van der Waals surface area contributed by atoms with E-state index in [2.05, 4.69) is 5.32 Å². The number of ether oxygens (including phenoxy) is 1. The van der Waals surface area contributed by atoms with Gasteiger partial charge in [-0.15, -0.1) is 12.4 Å². The highest BCUT2D eigenvalue weighted by molar-refractivity contribution is 5.85. The van der Waals surface area contributed by atoms with Crippen LogP contribution in [-0.2, 0) is 6.18 Å². The Kier molecular flexibility index (Phi) is 7.39. The fourth-order valence-electron chi connectivity index (χ4n) is 2.15. The lowest BCUT2D eigenvalue weighted by atomic mass is 10.1. The van der Waals surface area contributed by atoms with Crippen molar-refractivity contribution in [2.24, 2.45) is 0 Å². The zero-order valence-electron chi connectivity index (χ0n) is 12.6. The Bertz CT molecular complexity index is 590. The molecule has 126 valence electrons. The predicted octanol–water partition coefficient (Wildman–Crippen LogP) is 4.86. The Morgan fingerprint density at radius 2 is 1.74 bits per heavy atom.